The summed E-state index contributed by atoms with van der Waals surface area (Å²) < 4.78 is 20.8. The van der Waals surface area contributed by atoms with Crippen LogP contribution in [-0.4, -0.2) is 39.3 Å². The molecule has 132 valence electrons. The van der Waals surface area contributed by atoms with Gasteiger partial charge >= 0.3 is 0 Å². The summed E-state index contributed by atoms with van der Waals surface area (Å²) in [5.74, 6) is 1.46. The van der Waals surface area contributed by atoms with E-state index in [0.29, 0.717) is 28.6 Å². The van der Waals surface area contributed by atoms with Crippen molar-refractivity contribution in [1.29, 1.82) is 0 Å². The number of ketones is 1. The van der Waals surface area contributed by atoms with Crippen LogP contribution < -0.4 is 18.9 Å². The first-order valence-corrected chi connectivity index (χ1v) is 7.43. The summed E-state index contributed by atoms with van der Waals surface area (Å²) in [7, 11) is 5.96. The summed E-state index contributed by atoms with van der Waals surface area (Å²) in [5.41, 5.74) is 0.726. The molecule has 6 heteroatoms. The highest BCUT2D eigenvalue weighted by Gasteiger charge is 2.18. The van der Waals surface area contributed by atoms with Gasteiger partial charge < -0.3 is 24.1 Å². The van der Waals surface area contributed by atoms with Gasteiger partial charge in [-0.2, -0.15) is 0 Å². The van der Waals surface area contributed by atoms with E-state index in [1.165, 1.54) is 46.7 Å². The molecule has 2 rings (SSSR count). The molecule has 0 atom stereocenters. The molecule has 25 heavy (non-hydrogen) atoms. The predicted molar refractivity (Wildman–Crippen MR) is 94.1 cm³/mol. The number of benzene rings is 2. The molecule has 0 spiro atoms. The first-order chi connectivity index (χ1) is 12.0. The highest BCUT2D eigenvalue weighted by atomic mass is 16.5. The molecule has 0 aromatic heterocycles. The van der Waals surface area contributed by atoms with Crippen LogP contribution in [0.2, 0.25) is 0 Å². The normalized spacial score (nSPS) is 10.6. The van der Waals surface area contributed by atoms with Crippen molar-refractivity contribution < 1.29 is 28.8 Å². The third-order valence-corrected chi connectivity index (χ3v) is 3.61. The first-order valence-electron chi connectivity index (χ1n) is 7.43. The second-order valence-electron chi connectivity index (χ2n) is 5.03. The van der Waals surface area contributed by atoms with E-state index in [4.69, 9.17) is 18.9 Å². The van der Waals surface area contributed by atoms with Crippen LogP contribution in [0.1, 0.15) is 15.9 Å². The van der Waals surface area contributed by atoms with E-state index in [0.717, 1.165) is 0 Å². The molecule has 0 radical (unpaired) electrons. The maximum absolute atomic E-state index is 12.6. The molecular formula is C19H20O6. The van der Waals surface area contributed by atoms with Crippen LogP contribution >= 0.6 is 0 Å². The smallest absolute Gasteiger partial charge is 0.193 e. The van der Waals surface area contributed by atoms with Crippen molar-refractivity contribution in [2.75, 3.05) is 28.4 Å². The van der Waals surface area contributed by atoms with Gasteiger partial charge in [-0.25, -0.2) is 0 Å². The molecule has 0 bridgehead atoms. The second-order valence-corrected chi connectivity index (χ2v) is 5.03. The van der Waals surface area contributed by atoms with Gasteiger partial charge in [-0.3, -0.25) is 4.79 Å². The molecule has 0 aliphatic rings. The van der Waals surface area contributed by atoms with Crippen molar-refractivity contribution in [2.45, 2.75) is 0 Å². The minimum absolute atomic E-state index is 0.0403. The van der Waals surface area contributed by atoms with Gasteiger partial charge in [-0.05, 0) is 30.4 Å². The average Bonchev–Trinajstić information content (AvgIpc) is 2.65. The fourth-order valence-corrected chi connectivity index (χ4v) is 2.29. The fraction of sp³-hybridized carbons (Fsp3) is 0.211. The maximum Gasteiger partial charge on any atom is 0.193 e. The topological polar surface area (TPSA) is 74.2 Å². The minimum atomic E-state index is -0.335. The molecule has 0 aliphatic heterocycles. The van der Waals surface area contributed by atoms with Crippen LogP contribution in [0.4, 0.5) is 0 Å². The lowest BCUT2D eigenvalue weighted by Crippen LogP contribution is -2.03. The molecule has 0 aliphatic carbocycles. The number of allylic oxidation sites excluding steroid dienone is 1. The van der Waals surface area contributed by atoms with Crippen molar-refractivity contribution in [3.05, 3.63) is 47.5 Å². The van der Waals surface area contributed by atoms with Crippen molar-refractivity contribution >= 4 is 11.9 Å². The van der Waals surface area contributed by atoms with Gasteiger partial charge in [0.1, 0.15) is 34.3 Å². The minimum Gasteiger partial charge on any atom is -0.507 e. The molecular weight excluding hydrogens is 324 g/mol. The molecule has 0 unspecified atom stereocenters. The Morgan fingerprint density at radius 3 is 2.00 bits per heavy atom. The molecule has 2 aromatic rings. The summed E-state index contributed by atoms with van der Waals surface area (Å²) in [6, 6.07) is 7.96. The Kier molecular flexibility index (Phi) is 5.89. The standard InChI is InChI=1S/C19H20O6/c1-22-13-6-8-15(20)12(9-13)5-7-16(21)19-17(24-3)10-14(23-2)11-18(19)25-4/h5-11,20H,1-4H3/b7-5+. The number of methoxy groups -OCH3 is 4. The highest BCUT2D eigenvalue weighted by molar-refractivity contribution is 6.10. The summed E-state index contributed by atoms with van der Waals surface area (Å²) >= 11 is 0. The van der Waals surface area contributed by atoms with Crippen LogP contribution in [0, 0.1) is 0 Å². The quantitative estimate of drug-likeness (QED) is 0.613. The van der Waals surface area contributed by atoms with Crippen molar-refractivity contribution in [3.63, 3.8) is 0 Å². The first kappa shape index (κ1) is 18.2. The molecule has 0 heterocycles. The Morgan fingerprint density at radius 2 is 1.48 bits per heavy atom. The lowest BCUT2D eigenvalue weighted by molar-refractivity contribution is 0.104. The van der Waals surface area contributed by atoms with E-state index in [-0.39, 0.29) is 17.1 Å². The summed E-state index contributed by atoms with van der Waals surface area (Å²) in [5, 5.41) is 9.90. The zero-order valence-corrected chi connectivity index (χ0v) is 14.5. The number of phenolic OH excluding ortho intramolecular Hbond substituents is 1. The number of aromatic hydroxyl groups is 1. The molecule has 2 aromatic carbocycles. The number of hydrogen-bond acceptors (Lipinski definition) is 6. The highest BCUT2D eigenvalue weighted by Crippen LogP contribution is 2.35. The molecule has 0 fully saturated rings. The SMILES string of the molecule is COc1ccc(O)c(/C=C/C(=O)c2c(OC)cc(OC)cc2OC)c1. The van der Waals surface area contributed by atoms with Gasteiger partial charge in [0.05, 0.1) is 28.4 Å². The summed E-state index contributed by atoms with van der Waals surface area (Å²) in [6.07, 6.45) is 2.84. The lowest BCUT2D eigenvalue weighted by atomic mass is 10.1. The van der Waals surface area contributed by atoms with Crippen LogP contribution in [-0.2, 0) is 0 Å². The van der Waals surface area contributed by atoms with Gasteiger partial charge in [0.15, 0.2) is 5.78 Å². The second kappa shape index (κ2) is 8.10. The van der Waals surface area contributed by atoms with Crippen LogP contribution in [0.25, 0.3) is 6.08 Å². The number of ether oxygens (including phenoxy) is 4. The monoisotopic (exact) mass is 344 g/mol. The van der Waals surface area contributed by atoms with Crippen LogP contribution in [0.3, 0.4) is 0 Å². The van der Waals surface area contributed by atoms with E-state index in [9.17, 15) is 9.90 Å². The van der Waals surface area contributed by atoms with E-state index >= 15 is 0 Å². The average molecular weight is 344 g/mol. The third-order valence-electron chi connectivity index (χ3n) is 3.61. The Morgan fingerprint density at radius 1 is 0.880 bits per heavy atom. The van der Waals surface area contributed by atoms with Crippen LogP contribution in [0.15, 0.2) is 36.4 Å². The largest absolute Gasteiger partial charge is 0.507 e. The third kappa shape index (κ3) is 4.03. The zero-order chi connectivity index (χ0) is 18.4. The van der Waals surface area contributed by atoms with Gasteiger partial charge in [0.25, 0.3) is 0 Å². The predicted octanol–water partition coefficient (Wildman–Crippen LogP) is 3.32. The van der Waals surface area contributed by atoms with E-state index in [1.807, 2.05) is 0 Å². The van der Waals surface area contributed by atoms with Gasteiger partial charge in [0.2, 0.25) is 0 Å². The molecule has 6 nitrogen and oxygen atoms in total. The van der Waals surface area contributed by atoms with Crippen molar-refractivity contribution in [2.24, 2.45) is 0 Å². The molecule has 0 amide bonds. The Bertz CT molecular complexity index is 769. The Labute approximate surface area is 146 Å². The summed E-state index contributed by atoms with van der Waals surface area (Å²) in [4.78, 5) is 12.6. The molecule has 0 saturated heterocycles. The Balaban J connectivity index is 2.41. The lowest BCUT2D eigenvalue weighted by Gasteiger charge is -2.13. The van der Waals surface area contributed by atoms with E-state index in [1.54, 1.807) is 24.3 Å². The fourth-order valence-electron chi connectivity index (χ4n) is 2.29. The number of rotatable bonds is 7. The van der Waals surface area contributed by atoms with E-state index < -0.39 is 0 Å². The zero-order valence-electron chi connectivity index (χ0n) is 14.5. The van der Waals surface area contributed by atoms with Crippen molar-refractivity contribution in [1.82, 2.24) is 0 Å². The van der Waals surface area contributed by atoms with E-state index in [2.05, 4.69) is 0 Å². The maximum atomic E-state index is 12.6. The summed E-state index contributed by atoms with van der Waals surface area (Å²) in [6.45, 7) is 0. The van der Waals surface area contributed by atoms with Gasteiger partial charge in [-0.1, -0.05) is 0 Å². The number of hydrogen-bond donors (Lipinski definition) is 1. The molecule has 0 saturated carbocycles. The number of phenols is 1. The Hall–Kier alpha value is -3.15. The number of carbonyl (C=O) groups excluding carboxylic acids is 1. The molecule has 1 N–H and O–H groups in total. The number of carbonyl (C=O) groups is 1. The van der Waals surface area contributed by atoms with Crippen molar-refractivity contribution in [3.8, 4) is 28.7 Å². The van der Waals surface area contributed by atoms with Gasteiger partial charge in [-0.15, -0.1) is 0 Å². The van der Waals surface area contributed by atoms with Crippen LogP contribution in [0.5, 0.6) is 28.7 Å². The van der Waals surface area contributed by atoms with Gasteiger partial charge in [0, 0.05) is 17.7 Å².